The number of halogens is 2. The molecule has 0 saturated carbocycles. The van der Waals surface area contributed by atoms with E-state index in [0.29, 0.717) is 27.4 Å². The lowest BCUT2D eigenvalue weighted by atomic mass is 10.1. The smallest absolute Gasteiger partial charge is 0.262 e. The van der Waals surface area contributed by atoms with Gasteiger partial charge in [0.05, 0.1) is 9.50 Å². The van der Waals surface area contributed by atoms with Crippen molar-refractivity contribution in [3.8, 4) is 11.8 Å². The molecule has 4 nitrogen and oxygen atoms in total. The van der Waals surface area contributed by atoms with Crippen LogP contribution in [0.5, 0.6) is 5.75 Å². The Morgan fingerprint density at radius 1 is 1.20 bits per heavy atom. The van der Waals surface area contributed by atoms with Gasteiger partial charge in [0.15, 0.2) is 5.75 Å². The minimum absolute atomic E-state index is 0.0106. The Morgan fingerprint density at radius 3 is 2.60 bits per heavy atom. The standard InChI is InChI=1S/C24H20BrClN2O2/c1-15(2)28-24(29)20(13-27)10-17-11-21(25)23(22(26)12-17)30-14-16-7-8-18-5-3-4-6-19(18)9-16/h3-12,15H,14H2,1-2H3,(H,28,29)/b20-10-. The van der Waals surface area contributed by atoms with E-state index in [1.165, 1.54) is 11.5 Å². The fourth-order valence-corrected chi connectivity index (χ4v) is 3.93. The predicted molar refractivity (Wildman–Crippen MR) is 124 cm³/mol. The molecule has 6 heteroatoms. The van der Waals surface area contributed by atoms with E-state index in [4.69, 9.17) is 16.3 Å². The van der Waals surface area contributed by atoms with Gasteiger partial charge in [0, 0.05) is 6.04 Å². The first-order chi connectivity index (χ1) is 14.4. The zero-order valence-corrected chi connectivity index (χ0v) is 18.9. The van der Waals surface area contributed by atoms with Gasteiger partial charge in [-0.15, -0.1) is 0 Å². The summed E-state index contributed by atoms with van der Waals surface area (Å²) < 4.78 is 6.59. The fourth-order valence-electron chi connectivity index (χ4n) is 2.94. The monoisotopic (exact) mass is 482 g/mol. The summed E-state index contributed by atoms with van der Waals surface area (Å²) in [4.78, 5) is 12.1. The summed E-state index contributed by atoms with van der Waals surface area (Å²) in [5, 5.41) is 14.7. The largest absolute Gasteiger partial charge is 0.486 e. The van der Waals surface area contributed by atoms with Crippen molar-refractivity contribution in [2.75, 3.05) is 0 Å². The first-order valence-electron chi connectivity index (χ1n) is 9.39. The quantitative estimate of drug-likeness (QED) is 0.332. The van der Waals surface area contributed by atoms with E-state index >= 15 is 0 Å². The molecule has 0 atom stereocenters. The molecule has 30 heavy (non-hydrogen) atoms. The number of amides is 1. The van der Waals surface area contributed by atoms with E-state index in [1.54, 1.807) is 12.1 Å². The molecule has 0 aliphatic rings. The Labute approximate surface area is 189 Å². The van der Waals surface area contributed by atoms with Crippen molar-refractivity contribution in [1.82, 2.24) is 5.32 Å². The molecule has 0 aromatic heterocycles. The Hall–Kier alpha value is -2.81. The molecule has 0 heterocycles. The molecule has 0 fully saturated rings. The highest BCUT2D eigenvalue weighted by Crippen LogP contribution is 2.36. The van der Waals surface area contributed by atoms with Crippen molar-refractivity contribution in [2.45, 2.75) is 26.5 Å². The minimum Gasteiger partial charge on any atom is -0.486 e. The van der Waals surface area contributed by atoms with Crippen LogP contribution >= 0.6 is 27.5 Å². The number of hydrogen-bond donors (Lipinski definition) is 1. The molecular weight excluding hydrogens is 464 g/mol. The maximum atomic E-state index is 12.1. The first-order valence-corrected chi connectivity index (χ1v) is 10.6. The van der Waals surface area contributed by atoms with Crippen LogP contribution in [0.3, 0.4) is 0 Å². The molecule has 1 amide bonds. The number of nitrogens with one attached hydrogen (secondary N) is 1. The minimum atomic E-state index is -0.420. The van der Waals surface area contributed by atoms with Crippen molar-refractivity contribution in [3.63, 3.8) is 0 Å². The lowest BCUT2D eigenvalue weighted by Gasteiger charge is -2.12. The van der Waals surface area contributed by atoms with Crippen LogP contribution in [0.2, 0.25) is 5.02 Å². The van der Waals surface area contributed by atoms with Crippen molar-refractivity contribution in [1.29, 1.82) is 5.26 Å². The van der Waals surface area contributed by atoms with Gasteiger partial charge in [-0.3, -0.25) is 4.79 Å². The zero-order valence-electron chi connectivity index (χ0n) is 16.6. The summed E-state index contributed by atoms with van der Waals surface area (Å²) in [5.74, 6) is 0.0866. The van der Waals surface area contributed by atoms with E-state index in [-0.39, 0.29) is 11.6 Å². The first kappa shape index (κ1) is 21.9. The fraction of sp³-hybridized carbons (Fsp3) is 0.167. The maximum absolute atomic E-state index is 12.1. The Morgan fingerprint density at radius 2 is 1.93 bits per heavy atom. The second-order valence-corrected chi connectivity index (χ2v) is 8.34. The summed E-state index contributed by atoms with van der Waals surface area (Å²) in [7, 11) is 0. The van der Waals surface area contributed by atoms with E-state index in [0.717, 1.165) is 10.9 Å². The lowest BCUT2D eigenvalue weighted by Crippen LogP contribution is -2.30. The van der Waals surface area contributed by atoms with Gasteiger partial charge in [-0.1, -0.05) is 48.0 Å². The molecule has 0 radical (unpaired) electrons. The van der Waals surface area contributed by atoms with Gasteiger partial charge in [-0.2, -0.15) is 5.26 Å². The van der Waals surface area contributed by atoms with Crippen molar-refractivity contribution in [2.24, 2.45) is 0 Å². The number of hydrogen-bond acceptors (Lipinski definition) is 3. The Bertz CT molecular complexity index is 1140. The Balaban J connectivity index is 1.79. The van der Waals surface area contributed by atoms with Crippen molar-refractivity contribution in [3.05, 3.63) is 80.8 Å². The summed E-state index contributed by atoms with van der Waals surface area (Å²) >= 11 is 9.90. The van der Waals surface area contributed by atoms with Crippen LogP contribution in [-0.2, 0) is 11.4 Å². The van der Waals surface area contributed by atoms with Crippen molar-refractivity contribution < 1.29 is 9.53 Å². The third-order valence-corrected chi connectivity index (χ3v) is 5.18. The number of ether oxygens (including phenoxy) is 1. The van der Waals surface area contributed by atoms with Crippen LogP contribution in [0.15, 0.2) is 64.6 Å². The third kappa shape index (κ3) is 5.41. The molecule has 0 bridgehead atoms. The van der Waals surface area contributed by atoms with Crippen LogP contribution < -0.4 is 10.1 Å². The molecule has 3 aromatic carbocycles. The van der Waals surface area contributed by atoms with E-state index < -0.39 is 5.91 Å². The van der Waals surface area contributed by atoms with Gasteiger partial charge >= 0.3 is 0 Å². The highest BCUT2D eigenvalue weighted by atomic mass is 79.9. The maximum Gasteiger partial charge on any atom is 0.262 e. The second kappa shape index (κ2) is 9.80. The number of benzene rings is 3. The van der Waals surface area contributed by atoms with E-state index in [1.807, 2.05) is 38.1 Å². The second-order valence-electron chi connectivity index (χ2n) is 7.08. The number of fused-ring (bicyclic) bond motifs is 1. The SMILES string of the molecule is CC(C)NC(=O)/C(C#N)=C\c1cc(Cl)c(OCc2ccc3ccccc3c2)c(Br)c1. The van der Waals surface area contributed by atoms with Gasteiger partial charge in [-0.25, -0.2) is 0 Å². The number of carbonyl (C=O) groups is 1. The topological polar surface area (TPSA) is 62.1 Å². The zero-order chi connectivity index (χ0) is 21.7. The Kier molecular flexibility index (Phi) is 7.15. The number of nitrogens with zero attached hydrogens (tertiary/aromatic N) is 1. The normalized spacial score (nSPS) is 11.4. The molecular formula is C24H20BrClN2O2. The highest BCUT2D eigenvalue weighted by molar-refractivity contribution is 9.10. The molecule has 0 aliphatic heterocycles. The summed E-state index contributed by atoms with van der Waals surface area (Å²) in [6, 6.07) is 19.6. The van der Waals surface area contributed by atoms with E-state index in [2.05, 4.69) is 45.5 Å². The lowest BCUT2D eigenvalue weighted by molar-refractivity contribution is -0.117. The molecule has 0 unspecified atom stereocenters. The molecule has 0 saturated heterocycles. The summed E-state index contributed by atoms with van der Waals surface area (Å²) in [6.07, 6.45) is 1.50. The molecule has 0 spiro atoms. The molecule has 3 aromatic rings. The number of carbonyl (C=O) groups excluding carboxylic acids is 1. The molecule has 1 N–H and O–H groups in total. The highest BCUT2D eigenvalue weighted by Gasteiger charge is 2.13. The average molecular weight is 484 g/mol. The van der Waals surface area contributed by atoms with Gasteiger partial charge < -0.3 is 10.1 Å². The number of nitriles is 1. The molecule has 152 valence electrons. The van der Waals surface area contributed by atoms with Crippen LogP contribution in [-0.4, -0.2) is 11.9 Å². The summed E-state index contributed by atoms with van der Waals surface area (Å²) in [6.45, 7) is 4.03. The van der Waals surface area contributed by atoms with Crippen LogP contribution in [0.1, 0.15) is 25.0 Å². The van der Waals surface area contributed by atoms with Gasteiger partial charge in [0.25, 0.3) is 5.91 Å². The van der Waals surface area contributed by atoms with Gasteiger partial charge in [-0.05, 0) is 76.0 Å². The number of rotatable bonds is 6. The third-order valence-electron chi connectivity index (χ3n) is 4.31. The van der Waals surface area contributed by atoms with Gasteiger partial charge in [0.2, 0.25) is 0 Å². The molecule has 3 rings (SSSR count). The van der Waals surface area contributed by atoms with Crippen LogP contribution in [0, 0.1) is 11.3 Å². The van der Waals surface area contributed by atoms with E-state index in [9.17, 15) is 10.1 Å². The predicted octanol–water partition coefficient (Wildman–Crippen LogP) is 6.27. The van der Waals surface area contributed by atoms with Crippen LogP contribution in [0.25, 0.3) is 16.8 Å². The summed E-state index contributed by atoms with van der Waals surface area (Å²) in [5.41, 5.74) is 1.66. The van der Waals surface area contributed by atoms with Gasteiger partial charge in [0.1, 0.15) is 18.2 Å². The van der Waals surface area contributed by atoms with Crippen LogP contribution in [0.4, 0.5) is 0 Å². The molecule has 0 aliphatic carbocycles. The average Bonchev–Trinajstić information content (AvgIpc) is 2.70. The van der Waals surface area contributed by atoms with Crippen molar-refractivity contribution >= 4 is 50.3 Å².